The summed E-state index contributed by atoms with van der Waals surface area (Å²) in [7, 11) is -1.77. The summed E-state index contributed by atoms with van der Waals surface area (Å²) in [5.41, 5.74) is 1.27. The van der Waals surface area contributed by atoms with Crippen LogP contribution in [0.2, 0.25) is 0 Å². The lowest BCUT2D eigenvalue weighted by Gasteiger charge is -2.28. The molecule has 1 aromatic rings. The molecule has 0 spiro atoms. The number of benzene rings is 1. The van der Waals surface area contributed by atoms with Gasteiger partial charge in [-0.25, -0.2) is 4.72 Å². The molecule has 2 atom stereocenters. The van der Waals surface area contributed by atoms with Crippen LogP contribution in [0.25, 0.3) is 0 Å². The molecule has 1 heterocycles. The second-order valence-corrected chi connectivity index (χ2v) is 6.56. The van der Waals surface area contributed by atoms with Gasteiger partial charge in [-0.15, -0.1) is 0 Å². The van der Waals surface area contributed by atoms with Crippen LogP contribution in [-0.4, -0.2) is 14.8 Å². The van der Waals surface area contributed by atoms with Crippen molar-refractivity contribution in [3.8, 4) is 0 Å². The largest absolute Gasteiger partial charge is 0.252 e. The topological polar surface area (TPSA) is 29.1 Å². The van der Waals surface area contributed by atoms with Crippen molar-refractivity contribution in [3.05, 3.63) is 35.9 Å². The van der Waals surface area contributed by atoms with Gasteiger partial charge in [0.05, 0.1) is 5.54 Å². The normalized spacial score (nSPS) is 38.8. The monoisotopic (exact) mass is 207 g/mol. The Morgan fingerprint density at radius 2 is 2.14 bits per heavy atom. The van der Waals surface area contributed by atoms with Crippen LogP contribution in [0.1, 0.15) is 18.9 Å². The number of hydrogen-bond acceptors (Lipinski definition) is 1. The minimum atomic E-state index is -1.77. The van der Waals surface area contributed by atoms with Crippen LogP contribution in [0, 0.1) is 0 Å². The minimum Gasteiger partial charge on any atom is -0.252 e. The zero-order valence-electron chi connectivity index (χ0n) is 8.12. The molecule has 1 aliphatic carbocycles. The van der Waals surface area contributed by atoms with Crippen LogP contribution < -0.4 is 4.72 Å². The Kier molecular flexibility index (Phi) is 1.46. The van der Waals surface area contributed by atoms with E-state index in [0.29, 0.717) is 0 Å². The van der Waals surface area contributed by atoms with Gasteiger partial charge in [-0.05, 0) is 5.56 Å². The molecule has 1 aromatic carbocycles. The maximum atomic E-state index is 12.0. The third-order valence-corrected chi connectivity index (χ3v) is 5.97. The van der Waals surface area contributed by atoms with Crippen molar-refractivity contribution in [2.75, 3.05) is 5.75 Å². The molecule has 1 fully saturated rings. The Labute approximate surface area is 84.5 Å². The van der Waals surface area contributed by atoms with E-state index in [1.54, 1.807) is 0 Å². The van der Waals surface area contributed by atoms with Crippen molar-refractivity contribution in [1.29, 1.82) is 0 Å². The first-order chi connectivity index (χ1) is 6.71. The second kappa shape index (κ2) is 2.41. The van der Waals surface area contributed by atoms with E-state index in [1.807, 2.05) is 25.1 Å². The summed E-state index contributed by atoms with van der Waals surface area (Å²) in [6.07, 6.45) is 0.976. The van der Waals surface area contributed by atoms with Crippen LogP contribution >= 0.6 is 0 Å². The first-order valence-corrected chi connectivity index (χ1v) is 6.67. The van der Waals surface area contributed by atoms with E-state index in [4.69, 9.17) is 0 Å². The zero-order chi connectivity index (χ0) is 9.81. The average molecular weight is 207 g/mol. The predicted molar refractivity (Wildman–Crippen MR) is 59.6 cm³/mol. The lowest BCUT2D eigenvalue weighted by Crippen LogP contribution is -2.48. The molecule has 3 rings (SSSR count). The van der Waals surface area contributed by atoms with Gasteiger partial charge in [0.25, 0.3) is 0 Å². The van der Waals surface area contributed by atoms with Crippen LogP contribution in [0.15, 0.2) is 30.3 Å². The standard InChI is InChI=1S/C11H13NOS/c1-2-14(13)10-8-11(10,12-14)9-6-4-3-5-7-9/h3-7H,2,8H2,1H3,(H,12,13). The molecule has 2 aliphatic rings. The van der Waals surface area contributed by atoms with E-state index in [-0.39, 0.29) is 5.54 Å². The average Bonchev–Trinajstić information content (AvgIpc) is 2.88. The third-order valence-electron chi connectivity index (χ3n) is 3.19. The molecule has 1 aliphatic heterocycles. The van der Waals surface area contributed by atoms with E-state index in [1.165, 1.54) is 10.4 Å². The molecule has 0 amide bonds. The highest BCUT2D eigenvalue weighted by Crippen LogP contribution is 2.50. The highest BCUT2D eigenvalue weighted by atomic mass is 32.2. The maximum absolute atomic E-state index is 12.0. The summed E-state index contributed by atoms with van der Waals surface area (Å²) in [5.74, 6) is 0.733. The third kappa shape index (κ3) is 0.842. The Balaban J connectivity index is 2.06. The smallest absolute Gasteiger partial charge is 0.0894 e. The van der Waals surface area contributed by atoms with Crippen molar-refractivity contribution < 1.29 is 4.21 Å². The van der Waals surface area contributed by atoms with Gasteiger partial charge in [-0.2, -0.15) is 0 Å². The van der Waals surface area contributed by atoms with E-state index in [0.717, 1.165) is 12.2 Å². The van der Waals surface area contributed by atoms with E-state index >= 15 is 0 Å². The fourth-order valence-corrected chi connectivity index (χ4v) is 4.80. The van der Waals surface area contributed by atoms with Gasteiger partial charge in [0.2, 0.25) is 0 Å². The molecule has 3 heteroatoms. The van der Waals surface area contributed by atoms with Crippen molar-refractivity contribution in [2.24, 2.45) is 0 Å². The Bertz CT molecular complexity index is 499. The molecule has 0 aromatic heterocycles. The Morgan fingerprint density at radius 1 is 1.43 bits per heavy atom. The van der Waals surface area contributed by atoms with Crippen LogP contribution in [0.3, 0.4) is 0 Å². The molecule has 14 heavy (non-hydrogen) atoms. The minimum absolute atomic E-state index is 0.00829. The molecule has 74 valence electrons. The molecule has 0 radical (unpaired) electrons. The van der Waals surface area contributed by atoms with Gasteiger partial charge in [-0.1, -0.05) is 37.3 Å². The van der Waals surface area contributed by atoms with Crippen molar-refractivity contribution >= 4 is 14.6 Å². The summed E-state index contributed by atoms with van der Waals surface area (Å²) in [5, 5.41) is 0. The Morgan fingerprint density at radius 3 is 2.71 bits per heavy atom. The van der Waals surface area contributed by atoms with Crippen molar-refractivity contribution in [2.45, 2.75) is 18.9 Å². The molecular weight excluding hydrogens is 194 g/mol. The first-order valence-electron chi connectivity index (χ1n) is 4.94. The summed E-state index contributed by atoms with van der Waals surface area (Å²) >= 11 is 0. The second-order valence-electron chi connectivity index (χ2n) is 3.94. The van der Waals surface area contributed by atoms with Crippen LogP contribution in [-0.2, 0) is 15.2 Å². The summed E-state index contributed by atoms with van der Waals surface area (Å²) < 4.78 is 15.3. The SMILES string of the molecule is CCS1(=O)=C2CC2(c2ccccc2)N1. The van der Waals surface area contributed by atoms with E-state index in [2.05, 4.69) is 16.9 Å². The van der Waals surface area contributed by atoms with Gasteiger partial charge < -0.3 is 0 Å². The molecular formula is C11H13NOS. The van der Waals surface area contributed by atoms with Gasteiger partial charge in [0.15, 0.2) is 0 Å². The van der Waals surface area contributed by atoms with Gasteiger partial charge in [0.1, 0.15) is 0 Å². The molecule has 0 saturated heterocycles. The molecule has 1 N–H and O–H groups in total. The summed E-state index contributed by atoms with van der Waals surface area (Å²) in [6.45, 7) is 1.98. The number of hydrogen-bond donors (Lipinski definition) is 1. The maximum Gasteiger partial charge on any atom is 0.0894 e. The quantitative estimate of drug-likeness (QED) is 0.727. The summed E-state index contributed by atoms with van der Waals surface area (Å²) in [4.78, 5) is 1.23. The van der Waals surface area contributed by atoms with Gasteiger partial charge >= 0.3 is 0 Å². The highest BCUT2D eigenvalue weighted by Gasteiger charge is 2.63. The molecule has 2 unspecified atom stereocenters. The zero-order valence-corrected chi connectivity index (χ0v) is 8.93. The molecule has 2 nitrogen and oxygen atoms in total. The summed E-state index contributed by atoms with van der Waals surface area (Å²) in [6, 6.07) is 10.3. The van der Waals surface area contributed by atoms with Gasteiger partial charge in [-0.3, -0.25) is 4.21 Å². The van der Waals surface area contributed by atoms with Crippen molar-refractivity contribution in [1.82, 2.24) is 4.72 Å². The van der Waals surface area contributed by atoms with Crippen LogP contribution in [0.5, 0.6) is 0 Å². The van der Waals surface area contributed by atoms with E-state index in [9.17, 15) is 4.21 Å². The fraction of sp³-hybridized carbons (Fsp3) is 0.364. The molecule has 0 bridgehead atoms. The lowest BCUT2D eigenvalue weighted by molar-refractivity contribution is 0.631. The molecule has 1 saturated carbocycles. The van der Waals surface area contributed by atoms with Crippen molar-refractivity contribution in [3.63, 3.8) is 0 Å². The Hall–Kier alpha value is -0.800. The number of rotatable bonds is 2. The predicted octanol–water partition coefficient (Wildman–Crippen LogP) is 1.28. The highest BCUT2D eigenvalue weighted by molar-refractivity contribution is 8.03. The fourth-order valence-electron chi connectivity index (χ4n) is 2.28. The number of fused-ring (bicyclic) bond motifs is 1. The first kappa shape index (κ1) is 8.50. The lowest BCUT2D eigenvalue weighted by atomic mass is 10.1. The number of nitrogens with one attached hydrogen (secondary N) is 1. The van der Waals surface area contributed by atoms with Gasteiger partial charge in [0, 0.05) is 26.7 Å². The van der Waals surface area contributed by atoms with Crippen LogP contribution in [0.4, 0.5) is 0 Å². The van der Waals surface area contributed by atoms with E-state index < -0.39 is 9.71 Å².